The lowest BCUT2D eigenvalue weighted by Gasteiger charge is -1.98. The van der Waals surface area contributed by atoms with E-state index in [0.717, 1.165) is 38.3 Å². The molecule has 0 amide bonds. The first-order valence-electron chi connectivity index (χ1n) is 6.75. The van der Waals surface area contributed by atoms with Crippen LogP contribution in [0.25, 0.3) is 0 Å². The van der Waals surface area contributed by atoms with Gasteiger partial charge in [0.15, 0.2) is 0 Å². The summed E-state index contributed by atoms with van der Waals surface area (Å²) in [7, 11) is 0. The summed E-state index contributed by atoms with van der Waals surface area (Å²) in [5.74, 6) is 0.218. The first kappa shape index (κ1) is 19.2. The van der Waals surface area contributed by atoms with Gasteiger partial charge in [0.2, 0.25) is 0 Å². The molecule has 0 rings (SSSR count). The third kappa shape index (κ3) is 20.3. The van der Waals surface area contributed by atoms with Crippen LogP contribution in [0.3, 0.4) is 0 Å². The minimum absolute atomic E-state index is 0.218. The zero-order valence-corrected chi connectivity index (χ0v) is 12.3. The molecule has 0 spiro atoms. The highest BCUT2D eigenvalue weighted by atomic mass is 16.1. The first-order chi connectivity index (χ1) is 8.58. The van der Waals surface area contributed by atoms with Crippen molar-refractivity contribution in [3.63, 3.8) is 0 Å². The number of hydrogen-bond donors (Lipinski definition) is 0. The highest BCUT2D eigenvalue weighted by Crippen LogP contribution is 2.04. The van der Waals surface area contributed by atoms with Gasteiger partial charge in [-0.1, -0.05) is 37.6 Å². The minimum atomic E-state index is 0.218. The monoisotopic (exact) mass is 252 g/mol. The van der Waals surface area contributed by atoms with Gasteiger partial charge in [0.05, 0.1) is 0 Å². The van der Waals surface area contributed by atoms with Crippen molar-refractivity contribution in [2.45, 2.75) is 59.8 Å². The van der Waals surface area contributed by atoms with Gasteiger partial charge in [-0.15, -0.1) is 0 Å². The first-order valence-corrected chi connectivity index (χ1v) is 6.75. The Labute approximate surface area is 112 Å². The number of unbranched alkanes of at least 4 members (excludes halogenated alkanes) is 1. The van der Waals surface area contributed by atoms with Gasteiger partial charge >= 0.3 is 0 Å². The molecule has 0 aliphatic rings. The van der Waals surface area contributed by atoms with E-state index >= 15 is 0 Å². The summed E-state index contributed by atoms with van der Waals surface area (Å²) in [6.07, 6.45) is 12.9. The number of hydrogen-bond acceptors (Lipinski definition) is 2. The zero-order chi connectivity index (χ0) is 14.2. The molecule has 0 aliphatic heterocycles. The van der Waals surface area contributed by atoms with Crippen LogP contribution in [0.15, 0.2) is 23.8 Å². The highest BCUT2D eigenvalue weighted by Gasteiger charge is 1.95. The number of rotatable bonds is 8. The molecule has 0 fully saturated rings. The van der Waals surface area contributed by atoms with Gasteiger partial charge in [0.25, 0.3) is 0 Å². The average Bonchev–Trinajstić information content (AvgIpc) is 2.35. The minimum Gasteiger partial charge on any atom is -0.303 e. The fourth-order valence-electron chi connectivity index (χ4n) is 1.15. The van der Waals surface area contributed by atoms with Gasteiger partial charge in [-0.2, -0.15) is 0 Å². The SMILES string of the molecule is CC(C)=CCCC(C)C=O.CC/C=C\CCC=O. The van der Waals surface area contributed by atoms with Crippen LogP contribution in [0.1, 0.15) is 59.8 Å². The van der Waals surface area contributed by atoms with Crippen molar-refractivity contribution in [3.05, 3.63) is 23.8 Å². The lowest BCUT2D eigenvalue weighted by Crippen LogP contribution is -1.93. The Bertz CT molecular complexity index is 248. The summed E-state index contributed by atoms with van der Waals surface area (Å²) >= 11 is 0. The van der Waals surface area contributed by atoms with E-state index in [9.17, 15) is 9.59 Å². The van der Waals surface area contributed by atoms with E-state index < -0.39 is 0 Å². The molecule has 0 radical (unpaired) electrons. The predicted molar refractivity (Wildman–Crippen MR) is 78.6 cm³/mol. The third-order valence-electron chi connectivity index (χ3n) is 2.26. The van der Waals surface area contributed by atoms with E-state index in [1.54, 1.807) is 0 Å². The summed E-state index contributed by atoms with van der Waals surface area (Å²) in [6, 6.07) is 0. The van der Waals surface area contributed by atoms with Gasteiger partial charge < -0.3 is 9.59 Å². The number of carbonyl (C=O) groups is 2. The Balaban J connectivity index is 0. The quantitative estimate of drug-likeness (QED) is 0.362. The maximum atomic E-state index is 10.2. The molecule has 2 heteroatoms. The van der Waals surface area contributed by atoms with Crippen LogP contribution in [-0.4, -0.2) is 12.6 Å². The molecule has 0 saturated heterocycles. The Kier molecular flexibility index (Phi) is 16.8. The van der Waals surface area contributed by atoms with Crippen molar-refractivity contribution in [3.8, 4) is 0 Å². The van der Waals surface area contributed by atoms with E-state index in [1.807, 2.05) is 13.0 Å². The molecule has 0 bridgehead atoms. The van der Waals surface area contributed by atoms with Crippen molar-refractivity contribution in [2.75, 3.05) is 0 Å². The van der Waals surface area contributed by atoms with Gasteiger partial charge in [-0.3, -0.25) is 0 Å². The van der Waals surface area contributed by atoms with Gasteiger partial charge in [-0.05, 0) is 39.5 Å². The van der Waals surface area contributed by atoms with Gasteiger partial charge in [0, 0.05) is 12.3 Å². The smallest absolute Gasteiger partial charge is 0.122 e. The summed E-state index contributed by atoms with van der Waals surface area (Å²) in [5, 5.41) is 0. The topological polar surface area (TPSA) is 34.1 Å². The molecule has 0 aromatic heterocycles. The third-order valence-corrected chi connectivity index (χ3v) is 2.26. The number of allylic oxidation sites excluding steroid dienone is 4. The zero-order valence-electron chi connectivity index (χ0n) is 12.3. The van der Waals surface area contributed by atoms with Crippen LogP contribution in [0.4, 0.5) is 0 Å². The Morgan fingerprint density at radius 2 is 1.72 bits per heavy atom. The summed E-state index contributed by atoms with van der Waals surface area (Å²) < 4.78 is 0. The molecule has 18 heavy (non-hydrogen) atoms. The molecule has 2 nitrogen and oxygen atoms in total. The Morgan fingerprint density at radius 1 is 1.06 bits per heavy atom. The second-order valence-corrected chi connectivity index (χ2v) is 4.60. The van der Waals surface area contributed by atoms with Gasteiger partial charge in [-0.25, -0.2) is 0 Å². The average molecular weight is 252 g/mol. The second kappa shape index (κ2) is 15.8. The maximum absolute atomic E-state index is 10.2. The Morgan fingerprint density at radius 3 is 2.17 bits per heavy atom. The van der Waals surface area contributed by atoms with E-state index in [0.29, 0.717) is 6.42 Å². The highest BCUT2D eigenvalue weighted by molar-refractivity contribution is 5.52. The largest absolute Gasteiger partial charge is 0.303 e. The number of carbonyl (C=O) groups excluding carboxylic acids is 2. The van der Waals surface area contributed by atoms with E-state index in [4.69, 9.17) is 0 Å². The molecular weight excluding hydrogens is 224 g/mol. The molecule has 0 N–H and O–H groups in total. The standard InChI is InChI=1S/C9H16O.C7H12O/c1-8(2)5-4-6-9(3)7-10;1-2-3-4-5-6-7-8/h5,7,9H,4,6H2,1-3H3;3-4,7H,2,5-6H2,1H3/b;4-3-. The molecular formula is C16H28O2. The summed E-state index contributed by atoms with van der Waals surface area (Å²) in [6.45, 7) is 8.18. The van der Waals surface area contributed by atoms with Crippen molar-refractivity contribution >= 4 is 12.6 Å². The van der Waals surface area contributed by atoms with E-state index in [1.165, 1.54) is 5.57 Å². The van der Waals surface area contributed by atoms with Crippen molar-refractivity contribution in [1.29, 1.82) is 0 Å². The molecule has 0 aromatic carbocycles. The number of aldehydes is 2. The van der Waals surface area contributed by atoms with Crippen LogP contribution in [0.5, 0.6) is 0 Å². The second-order valence-electron chi connectivity index (χ2n) is 4.60. The van der Waals surface area contributed by atoms with E-state index in [2.05, 4.69) is 32.9 Å². The predicted octanol–water partition coefficient (Wildman–Crippen LogP) is 4.50. The van der Waals surface area contributed by atoms with Crippen LogP contribution in [0, 0.1) is 5.92 Å². The van der Waals surface area contributed by atoms with Crippen molar-refractivity contribution in [2.24, 2.45) is 5.92 Å². The van der Waals surface area contributed by atoms with Crippen molar-refractivity contribution < 1.29 is 9.59 Å². The normalized spacial score (nSPS) is 11.3. The molecule has 0 aromatic rings. The molecule has 1 atom stereocenters. The summed E-state index contributed by atoms with van der Waals surface area (Å²) in [5.41, 5.74) is 1.33. The fourth-order valence-corrected chi connectivity index (χ4v) is 1.15. The van der Waals surface area contributed by atoms with E-state index in [-0.39, 0.29) is 5.92 Å². The van der Waals surface area contributed by atoms with Crippen LogP contribution in [0.2, 0.25) is 0 Å². The molecule has 104 valence electrons. The molecule has 0 saturated carbocycles. The van der Waals surface area contributed by atoms with Crippen LogP contribution < -0.4 is 0 Å². The molecule has 0 heterocycles. The van der Waals surface area contributed by atoms with Crippen LogP contribution >= 0.6 is 0 Å². The molecule has 0 aliphatic carbocycles. The Hall–Kier alpha value is -1.18. The lowest BCUT2D eigenvalue weighted by molar-refractivity contribution is -0.110. The maximum Gasteiger partial charge on any atom is 0.122 e. The molecule has 1 unspecified atom stereocenters. The lowest BCUT2D eigenvalue weighted by atomic mass is 10.1. The van der Waals surface area contributed by atoms with Crippen molar-refractivity contribution in [1.82, 2.24) is 0 Å². The van der Waals surface area contributed by atoms with Gasteiger partial charge in [0.1, 0.15) is 12.6 Å². The summed E-state index contributed by atoms with van der Waals surface area (Å²) in [4.78, 5) is 19.9. The van der Waals surface area contributed by atoms with Crippen LogP contribution in [-0.2, 0) is 9.59 Å². The fraction of sp³-hybridized carbons (Fsp3) is 0.625.